The number of aromatic nitrogens is 3. The highest BCUT2D eigenvalue weighted by atomic mass is 16.6. The average Bonchev–Trinajstić information content (AvgIpc) is 3.29. The zero-order valence-corrected chi connectivity index (χ0v) is 16.3. The summed E-state index contributed by atoms with van der Waals surface area (Å²) < 4.78 is 16.8. The van der Waals surface area contributed by atoms with Crippen molar-refractivity contribution in [3.63, 3.8) is 0 Å². The van der Waals surface area contributed by atoms with Crippen molar-refractivity contribution in [1.29, 1.82) is 0 Å². The van der Waals surface area contributed by atoms with Crippen LogP contribution in [0.2, 0.25) is 0 Å². The Bertz CT molecular complexity index is 955. The van der Waals surface area contributed by atoms with E-state index in [-0.39, 0.29) is 5.97 Å². The molecular formula is C22H23N3O4. The van der Waals surface area contributed by atoms with Gasteiger partial charge in [0.1, 0.15) is 11.5 Å². The molecule has 0 bridgehead atoms. The van der Waals surface area contributed by atoms with Gasteiger partial charge in [-0.2, -0.15) is 5.10 Å². The fourth-order valence-electron chi connectivity index (χ4n) is 3.28. The van der Waals surface area contributed by atoms with E-state index in [0.29, 0.717) is 25.4 Å². The van der Waals surface area contributed by atoms with Crippen molar-refractivity contribution < 1.29 is 19.0 Å². The molecule has 0 saturated heterocycles. The van der Waals surface area contributed by atoms with E-state index < -0.39 is 6.10 Å². The normalized spacial score (nSPS) is 15.3. The fourth-order valence-corrected chi connectivity index (χ4v) is 3.28. The number of pyridine rings is 1. The minimum Gasteiger partial charge on any atom is -0.492 e. The Labute approximate surface area is 169 Å². The summed E-state index contributed by atoms with van der Waals surface area (Å²) in [7, 11) is 0. The van der Waals surface area contributed by atoms with Crippen molar-refractivity contribution in [2.75, 3.05) is 13.2 Å². The van der Waals surface area contributed by atoms with Gasteiger partial charge in [-0.1, -0.05) is 12.1 Å². The van der Waals surface area contributed by atoms with Gasteiger partial charge in [-0.3, -0.25) is 10.1 Å². The van der Waals surface area contributed by atoms with E-state index in [1.54, 1.807) is 19.3 Å². The van der Waals surface area contributed by atoms with Crippen LogP contribution >= 0.6 is 0 Å². The minimum atomic E-state index is -0.520. The predicted octanol–water partition coefficient (Wildman–Crippen LogP) is 3.35. The number of esters is 1. The van der Waals surface area contributed by atoms with Crippen LogP contribution in [0, 0.1) is 0 Å². The Morgan fingerprint density at radius 1 is 1.28 bits per heavy atom. The SMILES string of the molecule is CCOC(=O)C1CCc2ccc(CCOc3ccc(-c4ccn[nH]4)nc3)cc2O1. The van der Waals surface area contributed by atoms with E-state index >= 15 is 0 Å². The second kappa shape index (κ2) is 8.77. The third-order valence-corrected chi connectivity index (χ3v) is 4.80. The molecule has 3 aromatic rings. The third kappa shape index (κ3) is 4.56. The first kappa shape index (κ1) is 19.0. The molecule has 2 aromatic heterocycles. The van der Waals surface area contributed by atoms with Gasteiger partial charge in [-0.15, -0.1) is 0 Å². The predicted molar refractivity (Wildman–Crippen MR) is 107 cm³/mol. The number of carbonyl (C=O) groups excluding carboxylic acids is 1. The highest BCUT2D eigenvalue weighted by Gasteiger charge is 2.27. The van der Waals surface area contributed by atoms with E-state index in [1.807, 2.05) is 24.3 Å². The van der Waals surface area contributed by atoms with Crippen molar-refractivity contribution in [3.05, 3.63) is 59.9 Å². The van der Waals surface area contributed by atoms with Crippen molar-refractivity contribution in [1.82, 2.24) is 15.2 Å². The maximum absolute atomic E-state index is 11.9. The number of aryl methyl sites for hydroxylation is 1. The Morgan fingerprint density at radius 2 is 2.21 bits per heavy atom. The van der Waals surface area contributed by atoms with Crippen molar-refractivity contribution >= 4 is 5.97 Å². The molecular weight excluding hydrogens is 370 g/mol. The number of fused-ring (bicyclic) bond motifs is 1. The molecule has 7 nitrogen and oxygen atoms in total. The van der Waals surface area contributed by atoms with Crippen LogP contribution in [0.4, 0.5) is 0 Å². The zero-order chi connectivity index (χ0) is 20.1. The van der Waals surface area contributed by atoms with Gasteiger partial charge >= 0.3 is 5.97 Å². The Balaban J connectivity index is 1.32. The number of H-pyrrole nitrogens is 1. The maximum Gasteiger partial charge on any atom is 0.347 e. The van der Waals surface area contributed by atoms with Gasteiger partial charge in [0.2, 0.25) is 0 Å². The monoisotopic (exact) mass is 393 g/mol. The molecule has 1 aromatic carbocycles. The Hall–Kier alpha value is -3.35. The molecule has 150 valence electrons. The smallest absolute Gasteiger partial charge is 0.347 e. The van der Waals surface area contributed by atoms with E-state index in [1.165, 1.54) is 0 Å². The Morgan fingerprint density at radius 3 is 2.97 bits per heavy atom. The third-order valence-electron chi connectivity index (χ3n) is 4.80. The van der Waals surface area contributed by atoms with Gasteiger partial charge in [0.25, 0.3) is 0 Å². The summed E-state index contributed by atoms with van der Waals surface area (Å²) >= 11 is 0. The number of ether oxygens (including phenoxy) is 3. The molecule has 29 heavy (non-hydrogen) atoms. The summed E-state index contributed by atoms with van der Waals surface area (Å²) in [5.74, 6) is 1.18. The average molecular weight is 393 g/mol. The first-order chi connectivity index (χ1) is 14.2. The van der Waals surface area contributed by atoms with Gasteiger partial charge in [0.05, 0.1) is 30.8 Å². The molecule has 4 rings (SSSR count). The van der Waals surface area contributed by atoms with E-state index in [4.69, 9.17) is 14.2 Å². The number of hydrogen-bond acceptors (Lipinski definition) is 6. The van der Waals surface area contributed by atoms with Crippen LogP contribution in [0.3, 0.4) is 0 Å². The van der Waals surface area contributed by atoms with Crippen LogP contribution in [0.1, 0.15) is 24.5 Å². The molecule has 0 fully saturated rings. The van der Waals surface area contributed by atoms with Crippen LogP contribution in [0.25, 0.3) is 11.4 Å². The van der Waals surface area contributed by atoms with Crippen molar-refractivity contribution in [2.24, 2.45) is 0 Å². The lowest BCUT2D eigenvalue weighted by Crippen LogP contribution is -2.32. The summed E-state index contributed by atoms with van der Waals surface area (Å²) in [5.41, 5.74) is 3.90. The van der Waals surface area contributed by atoms with E-state index in [0.717, 1.165) is 41.1 Å². The zero-order valence-electron chi connectivity index (χ0n) is 16.3. The molecule has 1 N–H and O–H groups in total. The number of nitrogens with one attached hydrogen (secondary N) is 1. The van der Waals surface area contributed by atoms with Crippen molar-refractivity contribution in [3.8, 4) is 22.9 Å². The van der Waals surface area contributed by atoms with E-state index in [2.05, 4.69) is 27.3 Å². The molecule has 1 atom stereocenters. The first-order valence-electron chi connectivity index (χ1n) is 9.76. The largest absolute Gasteiger partial charge is 0.492 e. The lowest BCUT2D eigenvalue weighted by molar-refractivity contribution is -0.152. The molecule has 0 spiro atoms. The number of rotatable bonds is 7. The van der Waals surface area contributed by atoms with Gasteiger partial charge in [0, 0.05) is 12.6 Å². The van der Waals surface area contributed by atoms with Crippen LogP contribution in [0.15, 0.2) is 48.8 Å². The number of carbonyl (C=O) groups is 1. The second-order valence-electron chi connectivity index (χ2n) is 6.79. The highest BCUT2D eigenvalue weighted by molar-refractivity contribution is 5.75. The Kier molecular flexibility index (Phi) is 5.74. The van der Waals surface area contributed by atoms with Gasteiger partial charge < -0.3 is 14.2 Å². The highest BCUT2D eigenvalue weighted by Crippen LogP contribution is 2.29. The molecule has 7 heteroatoms. The van der Waals surface area contributed by atoms with Crippen LogP contribution in [0.5, 0.6) is 11.5 Å². The van der Waals surface area contributed by atoms with Gasteiger partial charge in [0.15, 0.2) is 6.10 Å². The summed E-state index contributed by atoms with van der Waals surface area (Å²) in [4.78, 5) is 16.3. The maximum atomic E-state index is 11.9. The van der Waals surface area contributed by atoms with Gasteiger partial charge in [-0.25, -0.2) is 4.79 Å². The summed E-state index contributed by atoms with van der Waals surface area (Å²) in [6, 6.07) is 11.8. The molecule has 0 radical (unpaired) electrons. The van der Waals surface area contributed by atoms with Crippen LogP contribution in [-0.4, -0.2) is 40.5 Å². The number of nitrogens with zero attached hydrogens (tertiary/aromatic N) is 2. The molecule has 1 aliphatic heterocycles. The van der Waals surface area contributed by atoms with Crippen LogP contribution in [-0.2, 0) is 22.4 Å². The molecule has 0 amide bonds. The minimum absolute atomic E-state index is 0.294. The second-order valence-corrected chi connectivity index (χ2v) is 6.79. The topological polar surface area (TPSA) is 86.3 Å². The lowest BCUT2D eigenvalue weighted by atomic mass is 9.99. The molecule has 1 unspecified atom stereocenters. The lowest BCUT2D eigenvalue weighted by Gasteiger charge is -2.25. The number of aromatic amines is 1. The fraction of sp³-hybridized carbons (Fsp3) is 0.318. The number of hydrogen-bond donors (Lipinski definition) is 1. The quantitative estimate of drug-likeness (QED) is 0.620. The van der Waals surface area contributed by atoms with Gasteiger partial charge in [-0.05, 0) is 55.2 Å². The summed E-state index contributed by atoms with van der Waals surface area (Å²) in [6.45, 7) is 2.68. The van der Waals surface area contributed by atoms with Crippen molar-refractivity contribution in [2.45, 2.75) is 32.3 Å². The van der Waals surface area contributed by atoms with E-state index in [9.17, 15) is 4.79 Å². The standard InChI is InChI=1S/C22H23N3O4/c1-2-27-22(26)20-8-5-16-4-3-15(13-21(16)29-20)10-12-28-17-6-7-18(23-14-17)19-9-11-24-25-19/h3-4,6-7,9,11,13-14,20H,2,5,8,10,12H2,1H3,(H,24,25). The van der Waals surface area contributed by atoms with Crippen LogP contribution < -0.4 is 9.47 Å². The summed E-state index contributed by atoms with van der Waals surface area (Å²) in [5, 5.41) is 6.81. The summed E-state index contributed by atoms with van der Waals surface area (Å²) in [6.07, 6.45) is 5.06. The molecule has 0 saturated carbocycles. The molecule has 0 aliphatic carbocycles. The first-order valence-corrected chi connectivity index (χ1v) is 9.76. The molecule has 3 heterocycles. The molecule has 1 aliphatic rings. The number of benzene rings is 1.